The molecule has 0 aromatic heterocycles. The van der Waals surface area contributed by atoms with Crippen LogP contribution >= 0.6 is 22.6 Å². The second-order valence-corrected chi connectivity index (χ2v) is 6.21. The molecule has 0 bridgehead atoms. The highest BCUT2D eigenvalue weighted by atomic mass is 127. The third kappa shape index (κ3) is 6.09. The van der Waals surface area contributed by atoms with Crippen molar-refractivity contribution in [1.29, 1.82) is 0 Å². The van der Waals surface area contributed by atoms with Gasteiger partial charge < -0.3 is 19.6 Å². The molecule has 0 unspecified atom stereocenters. The minimum Gasteiger partial charge on any atom is -0.493 e. The Morgan fingerprint density at radius 3 is 2.64 bits per heavy atom. The van der Waals surface area contributed by atoms with Crippen LogP contribution in [-0.2, 0) is 16.1 Å². The Kier molecular flexibility index (Phi) is 7.80. The molecule has 0 spiro atoms. The zero-order valence-corrected chi connectivity index (χ0v) is 16.3. The van der Waals surface area contributed by atoms with E-state index in [9.17, 15) is 4.79 Å². The molecule has 2 N–H and O–H groups in total. The van der Waals surface area contributed by atoms with Crippen molar-refractivity contribution in [3.05, 3.63) is 51.6 Å². The van der Waals surface area contributed by atoms with E-state index >= 15 is 0 Å². The molecule has 2 aromatic carbocycles. The molecule has 0 radical (unpaired) electrons. The average Bonchev–Trinajstić information content (AvgIpc) is 2.61. The first kappa shape index (κ1) is 19.3. The number of benzene rings is 2. The van der Waals surface area contributed by atoms with Gasteiger partial charge in [0.05, 0.1) is 17.3 Å². The van der Waals surface area contributed by atoms with Crippen LogP contribution in [0, 0.1) is 3.57 Å². The monoisotopic (exact) mass is 456 g/mol. The Labute approximate surface area is 161 Å². The number of ether oxygens (including phenoxy) is 3. The number of rotatable bonds is 9. The number of carbonyl (C=O) groups excluding carboxylic acids is 1. The third-order valence-corrected chi connectivity index (χ3v) is 4.03. The van der Waals surface area contributed by atoms with Crippen LogP contribution in [0.4, 0.5) is 5.69 Å². The summed E-state index contributed by atoms with van der Waals surface area (Å²) in [5.74, 6) is 0.710. The Hall–Kier alpha value is -2.00. The van der Waals surface area contributed by atoms with Crippen LogP contribution in [0.25, 0.3) is 0 Å². The molecule has 0 atom stereocenters. The summed E-state index contributed by atoms with van der Waals surface area (Å²) in [7, 11) is 1.57. The molecule has 2 rings (SSSR count). The first-order valence-corrected chi connectivity index (χ1v) is 8.90. The summed E-state index contributed by atoms with van der Waals surface area (Å²) in [6.07, 6.45) is 0. The minimum absolute atomic E-state index is 0.145. The predicted octanol–water partition coefficient (Wildman–Crippen LogP) is 3.36. The molecule has 25 heavy (non-hydrogen) atoms. The molecule has 0 heterocycles. The summed E-state index contributed by atoms with van der Waals surface area (Å²) >= 11 is 2.16. The number of hydrogen-bond acceptors (Lipinski definition) is 6. The number of hydrogen-bond donors (Lipinski definition) is 2. The minimum atomic E-state index is -0.404. The molecule has 0 aliphatic heterocycles. The number of carbonyl (C=O) groups is 1. The molecule has 0 aliphatic rings. The smallest absolute Gasteiger partial charge is 0.344 e. The Morgan fingerprint density at radius 1 is 1.20 bits per heavy atom. The Balaban J connectivity index is 1.98. The van der Waals surface area contributed by atoms with Gasteiger partial charge in [-0.2, -0.15) is 0 Å². The lowest BCUT2D eigenvalue weighted by molar-refractivity contribution is -0.145. The zero-order chi connectivity index (χ0) is 18.1. The molecule has 6 nitrogen and oxygen atoms in total. The van der Waals surface area contributed by atoms with Gasteiger partial charge in [0.25, 0.3) is 0 Å². The van der Waals surface area contributed by atoms with Crippen molar-refractivity contribution in [3.8, 4) is 11.5 Å². The van der Waals surface area contributed by atoms with Gasteiger partial charge in [0.2, 0.25) is 0 Å². The van der Waals surface area contributed by atoms with E-state index in [2.05, 4.69) is 33.4 Å². The number of anilines is 1. The standard InChI is InChI=1S/C18H21IN2O4/c1-3-24-17(22)12-25-18-15(19)9-13(10-16(18)23-2)11-20-21-14-7-5-4-6-8-14/h4-10,20-21H,3,11-12H2,1-2H3. The van der Waals surface area contributed by atoms with Crippen molar-refractivity contribution in [2.45, 2.75) is 13.5 Å². The summed E-state index contributed by atoms with van der Waals surface area (Å²) < 4.78 is 16.7. The largest absolute Gasteiger partial charge is 0.493 e. The Morgan fingerprint density at radius 2 is 1.96 bits per heavy atom. The normalized spacial score (nSPS) is 10.2. The fourth-order valence-electron chi connectivity index (χ4n) is 2.12. The number of para-hydroxylation sites is 1. The number of halogens is 1. The second kappa shape index (κ2) is 10.1. The lowest BCUT2D eigenvalue weighted by Gasteiger charge is -2.15. The summed E-state index contributed by atoms with van der Waals surface area (Å²) in [6, 6.07) is 13.7. The van der Waals surface area contributed by atoms with E-state index in [-0.39, 0.29) is 6.61 Å². The van der Waals surface area contributed by atoms with E-state index in [0.29, 0.717) is 24.7 Å². The molecule has 0 aliphatic carbocycles. The fourth-order valence-corrected chi connectivity index (χ4v) is 2.94. The fraction of sp³-hybridized carbons (Fsp3) is 0.278. The van der Waals surface area contributed by atoms with Crippen LogP contribution < -0.4 is 20.3 Å². The summed E-state index contributed by atoms with van der Waals surface area (Å²) in [5.41, 5.74) is 8.30. The molecule has 0 saturated carbocycles. The molecular formula is C18H21IN2O4. The summed E-state index contributed by atoms with van der Waals surface area (Å²) in [5, 5.41) is 0. The van der Waals surface area contributed by atoms with Crippen molar-refractivity contribution in [1.82, 2.24) is 5.43 Å². The predicted molar refractivity (Wildman–Crippen MR) is 105 cm³/mol. The van der Waals surface area contributed by atoms with Crippen molar-refractivity contribution in [2.24, 2.45) is 0 Å². The van der Waals surface area contributed by atoms with Crippen LogP contribution in [0.3, 0.4) is 0 Å². The number of esters is 1. The van der Waals surface area contributed by atoms with Crippen molar-refractivity contribution < 1.29 is 19.0 Å². The van der Waals surface area contributed by atoms with Crippen LogP contribution in [0.2, 0.25) is 0 Å². The van der Waals surface area contributed by atoms with E-state index < -0.39 is 5.97 Å². The molecular weight excluding hydrogens is 435 g/mol. The lowest BCUT2D eigenvalue weighted by atomic mass is 10.2. The SMILES string of the molecule is CCOC(=O)COc1c(I)cc(CNNc2ccccc2)cc1OC. The van der Waals surface area contributed by atoms with Crippen molar-refractivity contribution in [3.63, 3.8) is 0 Å². The van der Waals surface area contributed by atoms with Crippen LogP contribution in [-0.4, -0.2) is 26.3 Å². The van der Waals surface area contributed by atoms with E-state index in [1.165, 1.54) is 0 Å². The average molecular weight is 456 g/mol. The van der Waals surface area contributed by atoms with E-state index in [1.54, 1.807) is 14.0 Å². The van der Waals surface area contributed by atoms with Crippen LogP contribution in [0.5, 0.6) is 11.5 Å². The van der Waals surface area contributed by atoms with Gasteiger partial charge in [0.1, 0.15) is 0 Å². The highest BCUT2D eigenvalue weighted by Gasteiger charge is 2.14. The van der Waals surface area contributed by atoms with E-state index in [0.717, 1.165) is 14.8 Å². The number of methoxy groups -OCH3 is 1. The highest BCUT2D eigenvalue weighted by Crippen LogP contribution is 2.34. The third-order valence-electron chi connectivity index (χ3n) is 3.23. The molecule has 134 valence electrons. The molecule has 0 amide bonds. The van der Waals surface area contributed by atoms with Gasteiger partial charge >= 0.3 is 5.97 Å². The van der Waals surface area contributed by atoms with Gasteiger partial charge in [-0.1, -0.05) is 18.2 Å². The Bertz CT molecular complexity index is 695. The zero-order valence-electron chi connectivity index (χ0n) is 14.2. The van der Waals surface area contributed by atoms with Gasteiger partial charge in [0, 0.05) is 12.2 Å². The van der Waals surface area contributed by atoms with Gasteiger partial charge in [0.15, 0.2) is 18.1 Å². The summed E-state index contributed by atoms with van der Waals surface area (Å²) in [6.45, 7) is 2.54. The van der Waals surface area contributed by atoms with Gasteiger partial charge in [-0.3, -0.25) is 0 Å². The highest BCUT2D eigenvalue weighted by molar-refractivity contribution is 14.1. The van der Waals surface area contributed by atoms with Crippen molar-refractivity contribution >= 4 is 34.2 Å². The molecule has 7 heteroatoms. The number of nitrogens with one attached hydrogen (secondary N) is 2. The van der Waals surface area contributed by atoms with Crippen molar-refractivity contribution in [2.75, 3.05) is 25.7 Å². The van der Waals surface area contributed by atoms with E-state index in [4.69, 9.17) is 14.2 Å². The maximum atomic E-state index is 11.5. The summed E-state index contributed by atoms with van der Waals surface area (Å²) in [4.78, 5) is 11.5. The lowest BCUT2D eigenvalue weighted by Crippen LogP contribution is -2.21. The van der Waals surface area contributed by atoms with Gasteiger partial charge in [-0.25, -0.2) is 10.2 Å². The molecule has 2 aromatic rings. The topological polar surface area (TPSA) is 68.8 Å². The molecule has 0 saturated heterocycles. The van der Waals surface area contributed by atoms with Gasteiger partial charge in [-0.15, -0.1) is 0 Å². The molecule has 0 fully saturated rings. The first-order chi connectivity index (χ1) is 12.1. The quantitative estimate of drug-likeness (QED) is 0.343. The van der Waals surface area contributed by atoms with Crippen LogP contribution in [0.1, 0.15) is 12.5 Å². The first-order valence-electron chi connectivity index (χ1n) is 7.82. The second-order valence-electron chi connectivity index (χ2n) is 5.05. The van der Waals surface area contributed by atoms with Crippen LogP contribution in [0.15, 0.2) is 42.5 Å². The maximum absolute atomic E-state index is 11.5. The van der Waals surface area contributed by atoms with Gasteiger partial charge in [-0.05, 0) is 59.3 Å². The maximum Gasteiger partial charge on any atom is 0.344 e. The number of hydrazine groups is 1. The van der Waals surface area contributed by atoms with E-state index in [1.807, 2.05) is 42.5 Å².